The average molecular weight is 217 g/mol. The lowest BCUT2D eigenvalue weighted by atomic mass is 10.7. The quantitative estimate of drug-likeness (QED) is 0.387. The van der Waals surface area contributed by atoms with Crippen LogP contribution in [0.4, 0.5) is 0 Å². The standard InChI is InChI=1S/C3H9NO6P2/c4-2-1-3(11(5,6)7)12(8,9)10/h1-3H,4H2,(H2,5,6,7)(H2,8,9,10). The summed E-state index contributed by atoms with van der Waals surface area (Å²) in [6.45, 7) is 0. The minimum atomic E-state index is -4.84. The van der Waals surface area contributed by atoms with E-state index in [4.69, 9.17) is 25.3 Å². The van der Waals surface area contributed by atoms with Crippen molar-refractivity contribution >= 4 is 15.2 Å². The third-order valence-corrected chi connectivity index (χ3v) is 4.50. The smallest absolute Gasteiger partial charge is 0.344 e. The van der Waals surface area contributed by atoms with Crippen LogP contribution in [-0.4, -0.2) is 25.0 Å². The van der Waals surface area contributed by atoms with Crippen LogP contribution in [0.1, 0.15) is 0 Å². The summed E-state index contributed by atoms with van der Waals surface area (Å²) in [6, 6.07) is 0. The molecule has 0 fully saturated rings. The molecule has 7 nitrogen and oxygen atoms in total. The fourth-order valence-corrected chi connectivity index (χ4v) is 2.73. The first-order valence-electron chi connectivity index (χ1n) is 2.68. The van der Waals surface area contributed by atoms with Crippen molar-refractivity contribution in [3.8, 4) is 0 Å². The minimum absolute atomic E-state index is 0.585. The summed E-state index contributed by atoms with van der Waals surface area (Å²) in [6.07, 6.45) is 1.27. The molecule has 0 amide bonds. The van der Waals surface area contributed by atoms with E-state index in [1.807, 2.05) is 0 Å². The van der Waals surface area contributed by atoms with Crippen LogP contribution >= 0.6 is 15.2 Å². The van der Waals surface area contributed by atoms with Crippen molar-refractivity contribution < 1.29 is 28.7 Å². The first-order valence-corrected chi connectivity index (χ1v) is 6.04. The lowest BCUT2D eigenvalue weighted by Gasteiger charge is -2.15. The third-order valence-electron chi connectivity index (χ3n) is 0.972. The Morgan fingerprint density at radius 1 is 1.08 bits per heavy atom. The Labute approximate surface area is 68.2 Å². The Hall–Kier alpha value is -0.160. The number of hydrogen-bond donors (Lipinski definition) is 5. The Bertz CT molecular complexity index is 240. The zero-order chi connectivity index (χ0) is 9.99. The van der Waals surface area contributed by atoms with Crippen LogP contribution < -0.4 is 5.73 Å². The summed E-state index contributed by atoms with van der Waals surface area (Å²) in [5.74, 6) is 0. The van der Waals surface area contributed by atoms with Crippen molar-refractivity contribution in [2.75, 3.05) is 0 Å². The van der Waals surface area contributed by atoms with Gasteiger partial charge in [-0.1, -0.05) is 0 Å². The van der Waals surface area contributed by atoms with E-state index in [2.05, 4.69) is 0 Å². The lowest BCUT2D eigenvalue weighted by molar-refractivity contribution is 0.346. The summed E-state index contributed by atoms with van der Waals surface area (Å²) in [7, 11) is -9.69. The van der Waals surface area contributed by atoms with Crippen molar-refractivity contribution in [3.05, 3.63) is 12.3 Å². The monoisotopic (exact) mass is 217 g/mol. The van der Waals surface area contributed by atoms with E-state index in [1.165, 1.54) is 0 Å². The molecule has 9 heteroatoms. The molecule has 0 aromatic carbocycles. The maximum absolute atomic E-state index is 10.5. The van der Waals surface area contributed by atoms with Crippen LogP contribution in [0.15, 0.2) is 12.3 Å². The topological polar surface area (TPSA) is 141 Å². The van der Waals surface area contributed by atoms with Crippen LogP contribution in [0, 0.1) is 0 Å². The second-order valence-corrected chi connectivity index (χ2v) is 5.85. The molecule has 72 valence electrons. The van der Waals surface area contributed by atoms with Gasteiger partial charge in [0.2, 0.25) is 0 Å². The largest absolute Gasteiger partial charge is 0.405 e. The van der Waals surface area contributed by atoms with Crippen molar-refractivity contribution in [1.29, 1.82) is 0 Å². The van der Waals surface area contributed by atoms with Crippen molar-refractivity contribution in [3.63, 3.8) is 0 Å². The summed E-state index contributed by atoms with van der Waals surface area (Å²) < 4.78 is 20.9. The van der Waals surface area contributed by atoms with Gasteiger partial charge in [-0.25, -0.2) is 0 Å². The second-order valence-electron chi connectivity index (χ2n) is 1.98. The minimum Gasteiger partial charge on any atom is -0.405 e. The summed E-state index contributed by atoms with van der Waals surface area (Å²) in [5, 5.41) is -2.14. The van der Waals surface area contributed by atoms with Crippen molar-refractivity contribution in [1.82, 2.24) is 0 Å². The molecule has 0 heterocycles. The van der Waals surface area contributed by atoms with Crippen LogP contribution in [0.25, 0.3) is 0 Å². The highest BCUT2D eigenvalue weighted by Gasteiger charge is 2.41. The molecule has 0 aliphatic rings. The molecule has 0 atom stereocenters. The van der Waals surface area contributed by atoms with Crippen LogP contribution in [0.3, 0.4) is 0 Å². The van der Waals surface area contributed by atoms with E-state index < -0.39 is 20.6 Å². The second kappa shape index (κ2) is 3.70. The SMILES string of the molecule is NC=CC(P(=O)(O)O)P(=O)(O)O. The van der Waals surface area contributed by atoms with Crippen LogP contribution in [0.5, 0.6) is 0 Å². The molecule has 0 saturated heterocycles. The maximum Gasteiger partial charge on any atom is 0.344 e. The molecular weight excluding hydrogens is 208 g/mol. The summed E-state index contributed by atoms with van der Waals surface area (Å²) in [4.78, 5) is 33.8. The fourth-order valence-electron chi connectivity index (χ4n) is 0.520. The first-order chi connectivity index (χ1) is 5.19. The highest BCUT2D eigenvalue weighted by molar-refractivity contribution is 7.71. The van der Waals surface area contributed by atoms with Gasteiger partial charge in [0, 0.05) is 0 Å². The molecular formula is C3H9NO6P2. The highest BCUT2D eigenvalue weighted by Crippen LogP contribution is 2.60. The van der Waals surface area contributed by atoms with E-state index in [-0.39, 0.29) is 0 Å². The zero-order valence-electron chi connectivity index (χ0n) is 5.81. The Kier molecular flexibility index (Phi) is 3.65. The van der Waals surface area contributed by atoms with Crippen molar-refractivity contribution in [2.24, 2.45) is 5.73 Å². The van der Waals surface area contributed by atoms with Gasteiger partial charge in [0.1, 0.15) is 0 Å². The average Bonchev–Trinajstić information content (AvgIpc) is 1.77. The van der Waals surface area contributed by atoms with Gasteiger partial charge in [0.05, 0.1) is 0 Å². The molecule has 0 aliphatic heterocycles. The van der Waals surface area contributed by atoms with Crippen LogP contribution in [-0.2, 0) is 9.13 Å². The number of hydrogen-bond acceptors (Lipinski definition) is 3. The normalized spacial score (nSPS) is 14.4. The van der Waals surface area contributed by atoms with E-state index in [1.54, 1.807) is 0 Å². The predicted molar refractivity (Wildman–Crippen MR) is 41.2 cm³/mol. The number of nitrogens with two attached hydrogens (primary N) is 1. The van der Waals surface area contributed by atoms with Gasteiger partial charge in [-0.3, -0.25) is 9.13 Å². The molecule has 12 heavy (non-hydrogen) atoms. The molecule has 6 N–H and O–H groups in total. The molecule has 0 aromatic rings. The van der Waals surface area contributed by atoms with Gasteiger partial charge in [0.25, 0.3) is 0 Å². The summed E-state index contributed by atoms with van der Waals surface area (Å²) >= 11 is 0. The molecule has 0 spiro atoms. The molecule has 0 aromatic heterocycles. The van der Waals surface area contributed by atoms with Gasteiger partial charge < -0.3 is 25.3 Å². The maximum atomic E-state index is 10.5. The van der Waals surface area contributed by atoms with E-state index in [9.17, 15) is 9.13 Å². The number of rotatable bonds is 3. The van der Waals surface area contributed by atoms with E-state index in [0.29, 0.717) is 12.3 Å². The third kappa shape index (κ3) is 3.49. The van der Waals surface area contributed by atoms with Crippen LogP contribution in [0.2, 0.25) is 0 Å². The Morgan fingerprint density at radius 3 is 1.50 bits per heavy atom. The zero-order valence-corrected chi connectivity index (χ0v) is 7.60. The molecule has 0 unspecified atom stereocenters. The molecule has 0 bridgehead atoms. The van der Waals surface area contributed by atoms with Crippen molar-refractivity contribution in [2.45, 2.75) is 5.40 Å². The predicted octanol–water partition coefficient (Wildman–Crippen LogP) is -0.860. The summed E-state index contributed by atoms with van der Waals surface area (Å²) in [5.41, 5.74) is 4.76. The Morgan fingerprint density at radius 2 is 1.42 bits per heavy atom. The van der Waals surface area contributed by atoms with Gasteiger partial charge in [-0.15, -0.1) is 0 Å². The molecule has 0 rings (SSSR count). The van der Waals surface area contributed by atoms with Gasteiger partial charge in [0.15, 0.2) is 5.40 Å². The first kappa shape index (κ1) is 11.8. The fraction of sp³-hybridized carbons (Fsp3) is 0.333. The van der Waals surface area contributed by atoms with Gasteiger partial charge in [-0.2, -0.15) is 0 Å². The molecule has 0 aliphatic carbocycles. The van der Waals surface area contributed by atoms with Gasteiger partial charge >= 0.3 is 15.2 Å². The van der Waals surface area contributed by atoms with E-state index >= 15 is 0 Å². The Balaban J connectivity index is 4.96. The molecule has 0 radical (unpaired) electrons. The lowest BCUT2D eigenvalue weighted by Crippen LogP contribution is -2.06. The van der Waals surface area contributed by atoms with E-state index in [0.717, 1.165) is 0 Å². The number of allylic oxidation sites excluding steroid dienone is 1. The molecule has 0 saturated carbocycles. The highest BCUT2D eigenvalue weighted by atomic mass is 31.2. The van der Waals surface area contributed by atoms with Gasteiger partial charge in [-0.05, 0) is 12.3 Å².